The number of rotatable bonds is 8. The maximum absolute atomic E-state index is 14.4. The number of carbonyl (C=O) groups excluding carboxylic acids is 1. The van der Waals surface area contributed by atoms with Crippen molar-refractivity contribution in [2.24, 2.45) is 7.05 Å². The van der Waals surface area contributed by atoms with Crippen molar-refractivity contribution in [3.05, 3.63) is 77.8 Å². The maximum atomic E-state index is 14.4. The third-order valence-corrected chi connectivity index (χ3v) is 6.07. The molecule has 16 heteroatoms. The number of alkyl halides is 5. The Hall–Kier alpha value is -5.15. The molecule has 1 N–H and O–H groups in total. The molecule has 0 aliphatic heterocycles. The van der Waals surface area contributed by atoms with Gasteiger partial charge in [-0.3, -0.25) is 9.88 Å². The quantitative estimate of drug-likeness (QED) is 0.115. The number of carbonyl (C=O) groups is 1. The monoisotopic (exact) mass is 608 g/mol. The molecule has 0 aliphatic carbocycles. The second-order valence-corrected chi connectivity index (χ2v) is 8.87. The number of hydrogen-bond acceptors (Lipinski definition) is 7. The molecule has 0 spiro atoms. The second-order valence-electron chi connectivity index (χ2n) is 8.87. The largest absolute Gasteiger partial charge is 0.461 e. The molecule has 0 aliphatic rings. The highest BCUT2D eigenvalue weighted by molar-refractivity contribution is 5.89. The number of aromatic nitrogens is 5. The molecule has 0 saturated carbocycles. The third-order valence-electron chi connectivity index (χ3n) is 6.07. The first-order valence-corrected chi connectivity index (χ1v) is 12.3. The highest BCUT2D eigenvalue weighted by Crippen LogP contribution is 2.36. The van der Waals surface area contributed by atoms with Crippen LogP contribution in [-0.4, -0.2) is 43.6 Å². The minimum Gasteiger partial charge on any atom is -0.461 e. The van der Waals surface area contributed by atoms with E-state index in [9.17, 15) is 35.5 Å². The van der Waals surface area contributed by atoms with Crippen molar-refractivity contribution in [1.82, 2.24) is 24.5 Å². The average molecular weight is 608 g/mol. The van der Waals surface area contributed by atoms with E-state index in [4.69, 9.17) is 4.74 Å². The fourth-order valence-corrected chi connectivity index (χ4v) is 4.20. The molecule has 0 fully saturated rings. The SMILES string of the molecule is CCOC(=O)c1nc(-c2cc(Oc3ccc4c(c3)nc(N(c3cc(F)ccc3F)C(F)F)n4C)ccn2)[nH]c1C(F)(F)F. The van der Waals surface area contributed by atoms with Gasteiger partial charge in [0.05, 0.1) is 23.3 Å². The molecule has 0 saturated heterocycles. The van der Waals surface area contributed by atoms with Crippen molar-refractivity contribution in [3.8, 4) is 23.0 Å². The van der Waals surface area contributed by atoms with Crippen LogP contribution in [0.15, 0.2) is 54.7 Å². The van der Waals surface area contributed by atoms with Gasteiger partial charge in [-0.25, -0.2) is 23.5 Å². The number of hydrogen-bond donors (Lipinski definition) is 1. The molecule has 2 aromatic carbocycles. The fraction of sp³-hybridized carbons (Fsp3) is 0.185. The predicted octanol–water partition coefficient (Wildman–Crippen LogP) is 6.99. The summed E-state index contributed by atoms with van der Waals surface area (Å²) in [6.07, 6.45) is -3.70. The lowest BCUT2D eigenvalue weighted by molar-refractivity contribution is -0.141. The van der Waals surface area contributed by atoms with Gasteiger partial charge in [0.2, 0.25) is 5.95 Å². The molecule has 43 heavy (non-hydrogen) atoms. The van der Waals surface area contributed by atoms with Gasteiger partial charge in [-0.2, -0.15) is 22.0 Å². The Kier molecular flexibility index (Phi) is 7.69. The number of nitrogens with zero attached hydrogens (tertiary/aromatic N) is 5. The number of imidazole rings is 2. The van der Waals surface area contributed by atoms with Crippen LogP contribution in [0.5, 0.6) is 11.5 Å². The number of anilines is 2. The number of ether oxygens (including phenoxy) is 2. The van der Waals surface area contributed by atoms with E-state index in [1.54, 1.807) is 0 Å². The summed E-state index contributed by atoms with van der Waals surface area (Å²) in [6, 6.07) is 9.14. The number of esters is 1. The Balaban J connectivity index is 1.47. The topological polar surface area (TPSA) is 98.2 Å². The van der Waals surface area contributed by atoms with Gasteiger partial charge in [0.15, 0.2) is 17.2 Å². The Morgan fingerprint density at radius 3 is 2.49 bits per heavy atom. The van der Waals surface area contributed by atoms with E-state index in [1.165, 1.54) is 55.1 Å². The summed E-state index contributed by atoms with van der Waals surface area (Å²) in [5.74, 6) is -3.78. The van der Waals surface area contributed by atoms with Gasteiger partial charge in [0, 0.05) is 31.4 Å². The van der Waals surface area contributed by atoms with Crippen LogP contribution >= 0.6 is 0 Å². The van der Waals surface area contributed by atoms with Gasteiger partial charge in [0.25, 0.3) is 0 Å². The van der Waals surface area contributed by atoms with Crippen LogP contribution in [-0.2, 0) is 18.0 Å². The lowest BCUT2D eigenvalue weighted by Gasteiger charge is -2.23. The van der Waals surface area contributed by atoms with E-state index in [0.717, 1.165) is 12.1 Å². The molecule has 3 aromatic heterocycles. The van der Waals surface area contributed by atoms with Gasteiger partial charge in [-0.05, 0) is 37.3 Å². The zero-order valence-electron chi connectivity index (χ0n) is 22.1. The van der Waals surface area contributed by atoms with Crippen LogP contribution in [0, 0.1) is 11.6 Å². The number of benzene rings is 2. The van der Waals surface area contributed by atoms with Crippen molar-refractivity contribution in [2.45, 2.75) is 19.6 Å². The van der Waals surface area contributed by atoms with Crippen LogP contribution in [0.25, 0.3) is 22.6 Å². The zero-order chi connectivity index (χ0) is 31.1. The number of H-pyrrole nitrogens is 1. The third kappa shape index (κ3) is 5.80. The number of fused-ring (bicyclic) bond motifs is 1. The summed E-state index contributed by atoms with van der Waals surface area (Å²) in [7, 11) is 1.41. The van der Waals surface area contributed by atoms with E-state index in [-0.39, 0.29) is 46.0 Å². The first-order valence-electron chi connectivity index (χ1n) is 12.3. The number of halogens is 7. The maximum Gasteiger partial charge on any atom is 0.433 e. The van der Waals surface area contributed by atoms with Gasteiger partial charge in [-0.1, -0.05) is 0 Å². The number of aryl methyl sites for hydroxylation is 1. The van der Waals surface area contributed by atoms with E-state index in [0.29, 0.717) is 11.6 Å². The summed E-state index contributed by atoms with van der Waals surface area (Å²) < 4.78 is 109. The Labute approximate surface area is 237 Å². The first-order chi connectivity index (χ1) is 20.4. The standard InChI is InChI=1S/C27H19F7N6O3/c1-3-42-24(41)21-22(27(32,33)34)38-23(37-21)18-12-15(8-9-35-18)43-14-5-7-19-17(11-14)36-26(39(19)2)40(25(30)31)20-10-13(28)4-6-16(20)29/h4-12,25H,3H2,1-2H3,(H,37,38). The normalized spacial score (nSPS) is 11.8. The molecule has 5 aromatic rings. The smallest absolute Gasteiger partial charge is 0.433 e. The van der Waals surface area contributed by atoms with Gasteiger partial charge in [-0.15, -0.1) is 0 Å². The van der Waals surface area contributed by atoms with Crippen LogP contribution in [0.3, 0.4) is 0 Å². The van der Waals surface area contributed by atoms with E-state index in [1.807, 2.05) is 0 Å². The first kappa shape index (κ1) is 29.3. The van der Waals surface area contributed by atoms with Gasteiger partial charge >= 0.3 is 18.7 Å². The minimum absolute atomic E-state index is 0.0931. The number of nitrogens with one attached hydrogen (secondary N) is 1. The van der Waals surface area contributed by atoms with Gasteiger partial charge < -0.3 is 19.0 Å². The molecule has 0 radical (unpaired) electrons. The average Bonchev–Trinajstić information content (AvgIpc) is 3.53. The lowest BCUT2D eigenvalue weighted by Crippen LogP contribution is -2.27. The molecule has 0 amide bonds. The Bertz CT molecular complexity index is 1820. The summed E-state index contributed by atoms with van der Waals surface area (Å²) in [6.45, 7) is -2.01. The lowest BCUT2D eigenvalue weighted by atomic mass is 10.3. The van der Waals surface area contributed by atoms with Crippen molar-refractivity contribution < 1.29 is 45.0 Å². The molecule has 0 bridgehead atoms. The molecule has 5 rings (SSSR count). The van der Waals surface area contributed by atoms with Crippen LogP contribution in [0.1, 0.15) is 23.1 Å². The van der Waals surface area contributed by atoms with Crippen LogP contribution in [0.2, 0.25) is 0 Å². The molecular weight excluding hydrogens is 589 g/mol. The Morgan fingerprint density at radius 2 is 1.79 bits per heavy atom. The summed E-state index contributed by atoms with van der Waals surface area (Å²) in [5.41, 5.74) is -2.66. The Morgan fingerprint density at radius 1 is 1.05 bits per heavy atom. The van der Waals surface area contributed by atoms with Crippen molar-refractivity contribution >= 4 is 28.6 Å². The van der Waals surface area contributed by atoms with Crippen LogP contribution in [0.4, 0.5) is 42.4 Å². The van der Waals surface area contributed by atoms with Crippen LogP contribution < -0.4 is 9.64 Å². The highest BCUT2D eigenvalue weighted by Gasteiger charge is 2.40. The molecular formula is C27H19F7N6O3. The molecule has 224 valence electrons. The van der Waals surface area contributed by atoms with E-state index in [2.05, 4.69) is 24.7 Å². The molecule has 0 unspecified atom stereocenters. The molecule has 9 nitrogen and oxygen atoms in total. The number of pyridine rings is 1. The summed E-state index contributed by atoms with van der Waals surface area (Å²) >= 11 is 0. The molecule has 3 heterocycles. The fourth-order valence-electron chi connectivity index (χ4n) is 4.20. The minimum atomic E-state index is -4.93. The predicted molar refractivity (Wildman–Crippen MR) is 138 cm³/mol. The van der Waals surface area contributed by atoms with E-state index < -0.39 is 47.4 Å². The summed E-state index contributed by atoms with van der Waals surface area (Å²) in [4.78, 5) is 26.3. The zero-order valence-corrected chi connectivity index (χ0v) is 22.1. The van der Waals surface area contributed by atoms with Crippen molar-refractivity contribution in [2.75, 3.05) is 11.5 Å². The van der Waals surface area contributed by atoms with E-state index >= 15 is 0 Å². The highest BCUT2D eigenvalue weighted by atomic mass is 19.4. The molecule has 0 atom stereocenters. The summed E-state index contributed by atoms with van der Waals surface area (Å²) in [5, 5.41) is 0. The van der Waals surface area contributed by atoms with Gasteiger partial charge in [0.1, 0.15) is 28.8 Å². The van der Waals surface area contributed by atoms with Crippen molar-refractivity contribution in [1.29, 1.82) is 0 Å². The van der Waals surface area contributed by atoms with Crippen molar-refractivity contribution in [3.63, 3.8) is 0 Å². The second kappa shape index (κ2) is 11.3. The number of aromatic amines is 1.